The number of methoxy groups -OCH3 is 1. The van der Waals surface area contributed by atoms with Crippen LogP contribution in [0.25, 0.3) is 0 Å². The van der Waals surface area contributed by atoms with Crippen molar-refractivity contribution in [3.63, 3.8) is 0 Å². The van der Waals surface area contributed by atoms with Gasteiger partial charge in [0, 0.05) is 6.42 Å². The standard InChI is InChI=1S/C31H30O4/c1-33-30-19-17-25(18-20-30)23-34-22-21-29(32)24-35-31(26-11-5-2-6-12-26,27-13-7-3-8-14-27)28-15-9-4-10-16-28/h2-20H,21-24H2,1H3. The first-order valence-corrected chi connectivity index (χ1v) is 11.8. The van der Waals surface area contributed by atoms with Crippen molar-refractivity contribution in [2.24, 2.45) is 0 Å². The van der Waals surface area contributed by atoms with E-state index in [4.69, 9.17) is 14.2 Å². The number of benzene rings is 4. The van der Waals surface area contributed by atoms with Gasteiger partial charge >= 0.3 is 0 Å². The number of rotatable bonds is 12. The van der Waals surface area contributed by atoms with Gasteiger partial charge in [-0.3, -0.25) is 4.79 Å². The fourth-order valence-electron chi connectivity index (χ4n) is 4.13. The fraction of sp³-hybridized carbons (Fsp3) is 0.194. The van der Waals surface area contributed by atoms with Crippen LogP contribution in [0, 0.1) is 0 Å². The third-order valence-corrected chi connectivity index (χ3v) is 5.94. The molecule has 4 rings (SSSR count). The molecule has 4 aromatic carbocycles. The first-order valence-electron chi connectivity index (χ1n) is 11.8. The van der Waals surface area contributed by atoms with E-state index >= 15 is 0 Å². The van der Waals surface area contributed by atoms with Crippen molar-refractivity contribution in [3.05, 3.63) is 138 Å². The highest BCUT2D eigenvalue weighted by molar-refractivity contribution is 5.80. The minimum Gasteiger partial charge on any atom is -0.497 e. The molecule has 0 radical (unpaired) electrons. The lowest BCUT2D eigenvalue weighted by molar-refractivity contribution is -0.128. The highest BCUT2D eigenvalue weighted by Gasteiger charge is 2.37. The molecule has 0 fully saturated rings. The molecule has 0 aliphatic heterocycles. The van der Waals surface area contributed by atoms with Crippen molar-refractivity contribution in [2.75, 3.05) is 20.3 Å². The SMILES string of the molecule is COc1ccc(COCCC(=O)COC(c2ccccc2)(c2ccccc2)c2ccccc2)cc1. The first kappa shape index (κ1) is 24.4. The van der Waals surface area contributed by atoms with Crippen molar-refractivity contribution in [3.8, 4) is 5.75 Å². The third-order valence-electron chi connectivity index (χ3n) is 5.94. The Labute approximate surface area is 207 Å². The summed E-state index contributed by atoms with van der Waals surface area (Å²) in [5.41, 5.74) is 3.05. The summed E-state index contributed by atoms with van der Waals surface area (Å²) in [7, 11) is 1.64. The average molecular weight is 467 g/mol. The summed E-state index contributed by atoms with van der Waals surface area (Å²) in [6, 6.07) is 37.9. The number of Topliss-reactive ketones (excluding diaryl/α,β-unsaturated/α-hetero) is 1. The molecule has 0 amide bonds. The number of carbonyl (C=O) groups excluding carboxylic acids is 1. The molecular weight excluding hydrogens is 436 g/mol. The molecule has 4 nitrogen and oxygen atoms in total. The molecule has 0 N–H and O–H groups in total. The molecule has 0 bridgehead atoms. The maximum atomic E-state index is 12.9. The molecular formula is C31H30O4. The van der Waals surface area contributed by atoms with Gasteiger partial charge in [0.05, 0.1) is 20.3 Å². The molecule has 0 spiro atoms. The van der Waals surface area contributed by atoms with Crippen LogP contribution in [0.2, 0.25) is 0 Å². The van der Waals surface area contributed by atoms with E-state index in [1.165, 1.54) is 0 Å². The minimum absolute atomic E-state index is 0.00750. The van der Waals surface area contributed by atoms with E-state index in [1.54, 1.807) is 7.11 Å². The molecule has 0 atom stereocenters. The van der Waals surface area contributed by atoms with E-state index in [0.717, 1.165) is 28.0 Å². The normalized spacial score (nSPS) is 11.2. The maximum Gasteiger partial charge on any atom is 0.160 e. The highest BCUT2D eigenvalue weighted by Crippen LogP contribution is 2.40. The fourth-order valence-corrected chi connectivity index (χ4v) is 4.13. The largest absolute Gasteiger partial charge is 0.497 e. The van der Waals surface area contributed by atoms with Crippen LogP contribution in [-0.4, -0.2) is 26.1 Å². The van der Waals surface area contributed by atoms with Gasteiger partial charge in [-0.1, -0.05) is 103 Å². The number of hydrogen-bond acceptors (Lipinski definition) is 4. The molecule has 0 saturated heterocycles. The predicted octanol–water partition coefficient (Wildman–Crippen LogP) is 6.18. The molecule has 178 valence electrons. The molecule has 0 aliphatic carbocycles. The maximum absolute atomic E-state index is 12.9. The van der Waals surface area contributed by atoms with Gasteiger partial charge in [0.25, 0.3) is 0 Å². The van der Waals surface area contributed by atoms with Crippen LogP contribution in [-0.2, 0) is 26.5 Å². The van der Waals surface area contributed by atoms with E-state index in [2.05, 4.69) is 0 Å². The third kappa shape index (κ3) is 6.04. The first-order chi connectivity index (χ1) is 17.2. The van der Waals surface area contributed by atoms with Crippen LogP contribution in [0.5, 0.6) is 5.75 Å². The van der Waals surface area contributed by atoms with Gasteiger partial charge in [0.1, 0.15) is 18.0 Å². The molecule has 4 aromatic rings. The van der Waals surface area contributed by atoms with Crippen LogP contribution in [0.4, 0.5) is 0 Å². The summed E-state index contributed by atoms with van der Waals surface area (Å²) in [5.74, 6) is 0.798. The Kier molecular flexibility index (Phi) is 8.44. The second kappa shape index (κ2) is 12.1. The van der Waals surface area contributed by atoms with Gasteiger partial charge in [-0.2, -0.15) is 0 Å². The van der Waals surface area contributed by atoms with Crippen LogP contribution in [0.3, 0.4) is 0 Å². The lowest BCUT2D eigenvalue weighted by atomic mass is 9.80. The molecule has 0 saturated carbocycles. The average Bonchev–Trinajstić information content (AvgIpc) is 2.93. The molecule has 0 unspecified atom stereocenters. The van der Waals surface area contributed by atoms with Gasteiger partial charge in [0.2, 0.25) is 0 Å². The topological polar surface area (TPSA) is 44.8 Å². The summed E-state index contributed by atoms with van der Waals surface area (Å²) >= 11 is 0. The number of hydrogen-bond donors (Lipinski definition) is 0. The van der Waals surface area contributed by atoms with E-state index in [-0.39, 0.29) is 18.8 Å². The van der Waals surface area contributed by atoms with Gasteiger partial charge in [-0.25, -0.2) is 0 Å². The Morgan fingerprint density at radius 2 is 1.17 bits per heavy atom. The molecule has 35 heavy (non-hydrogen) atoms. The Morgan fingerprint density at radius 1 is 0.686 bits per heavy atom. The van der Waals surface area contributed by atoms with E-state index in [9.17, 15) is 4.79 Å². The van der Waals surface area contributed by atoms with Crippen molar-refractivity contribution < 1.29 is 19.0 Å². The minimum atomic E-state index is -0.899. The lowest BCUT2D eigenvalue weighted by Crippen LogP contribution is -2.35. The summed E-state index contributed by atoms with van der Waals surface area (Å²) < 4.78 is 17.5. The second-order valence-corrected chi connectivity index (χ2v) is 8.26. The highest BCUT2D eigenvalue weighted by atomic mass is 16.5. The zero-order valence-corrected chi connectivity index (χ0v) is 19.9. The Morgan fingerprint density at radius 3 is 1.63 bits per heavy atom. The summed E-state index contributed by atoms with van der Waals surface area (Å²) in [4.78, 5) is 12.9. The van der Waals surface area contributed by atoms with Gasteiger partial charge in [-0.15, -0.1) is 0 Å². The molecule has 4 heteroatoms. The summed E-state index contributed by atoms with van der Waals surface area (Å²) in [6.07, 6.45) is 0.282. The monoisotopic (exact) mass is 466 g/mol. The Bertz CT molecular complexity index is 1080. The van der Waals surface area contributed by atoms with E-state index in [1.807, 2.05) is 115 Å². The molecule has 0 heterocycles. The van der Waals surface area contributed by atoms with Crippen LogP contribution in [0.15, 0.2) is 115 Å². The smallest absolute Gasteiger partial charge is 0.160 e. The lowest BCUT2D eigenvalue weighted by Gasteiger charge is -2.35. The second-order valence-electron chi connectivity index (χ2n) is 8.26. The molecule has 0 aliphatic rings. The van der Waals surface area contributed by atoms with Crippen LogP contribution in [0.1, 0.15) is 28.7 Å². The Balaban J connectivity index is 1.47. The van der Waals surface area contributed by atoms with Crippen LogP contribution < -0.4 is 4.74 Å². The number of ether oxygens (including phenoxy) is 3. The van der Waals surface area contributed by atoms with Crippen LogP contribution >= 0.6 is 0 Å². The number of ketones is 1. The van der Waals surface area contributed by atoms with Crippen molar-refractivity contribution in [1.29, 1.82) is 0 Å². The Hall–Kier alpha value is -3.73. The van der Waals surface area contributed by atoms with E-state index < -0.39 is 5.60 Å². The zero-order chi connectivity index (χ0) is 24.3. The number of carbonyl (C=O) groups is 1. The predicted molar refractivity (Wildman–Crippen MR) is 137 cm³/mol. The van der Waals surface area contributed by atoms with Crippen molar-refractivity contribution in [2.45, 2.75) is 18.6 Å². The summed E-state index contributed by atoms with van der Waals surface area (Å²) in [6.45, 7) is 0.758. The summed E-state index contributed by atoms with van der Waals surface area (Å²) in [5, 5.41) is 0. The van der Waals surface area contributed by atoms with Crippen molar-refractivity contribution >= 4 is 5.78 Å². The van der Waals surface area contributed by atoms with Gasteiger partial charge in [0.15, 0.2) is 5.78 Å². The quantitative estimate of drug-likeness (QED) is 0.185. The van der Waals surface area contributed by atoms with Gasteiger partial charge < -0.3 is 14.2 Å². The molecule has 0 aromatic heterocycles. The van der Waals surface area contributed by atoms with E-state index in [0.29, 0.717) is 13.2 Å². The zero-order valence-electron chi connectivity index (χ0n) is 19.9. The van der Waals surface area contributed by atoms with Crippen molar-refractivity contribution in [1.82, 2.24) is 0 Å². The van der Waals surface area contributed by atoms with Gasteiger partial charge in [-0.05, 0) is 34.4 Å².